The quantitative estimate of drug-likeness (QED) is 0.809. The summed E-state index contributed by atoms with van der Waals surface area (Å²) in [6.45, 7) is 16.8. The summed E-state index contributed by atoms with van der Waals surface area (Å²) in [5.74, 6) is 0. The van der Waals surface area contributed by atoms with Crippen LogP contribution in [0, 0.1) is 5.41 Å². The van der Waals surface area contributed by atoms with Crippen LogP contribution in [0.1, 0.15) is 67.7 Å². The lowest BCUT2D eigenvalue weighted by Gasteiger charge is -2.34. The van der Waals surface area contributed by atoms with E-state index in [0.29, 0.717) is 11.5 Å². The number of rotatable bonds is 4. The molecule has 0 aromatic rings. The lowest BCUT2D eigenvalue weighted by molar-refractivity contribution is -0.0173. The van der Waals surface area contributed by atoms with Gasteiger partial charge in [-0.2, -0.15) is 0 Å². The first-order chi connectivity index (χ1) is 7.49. The lowest BCUT2D eigenvalue weighted by Crippen LogP contribution is -2.45. The SMILES string of the molecule is CC(C)(C)CC(C)(C)NCC1CCC(C)(C)O1. The van der Waals surface area contributed by atoms with Gasteiger partial charge in [-0.1, -0.05) is 20.8 Å². The topological polar surface area (TPSA) is 21.3 Å². The lowest BCUT2D eigenvalue weighted by atomic mass is 9.82. The Bertz CT molecular complexity index is 250. The zero-order chi connectivity index (χ0) is 13.3. The van der Waals surface area contributed by atoms with Crippen molar-refractivity contribution in [3.63, 3.8) is 0 Å². The molecule has 0 aromatic carbocycles. The van der Waals surface area contributed by atoms with Gasteiger partial charge in [-0.25, -0.2) is 0 Å². The Morgan fingerprint density at radius 3 is 2.18 bits per heavy atom. The third-order valence-electron chi connectivity index (χ3n) is 3.33. The highest BCUT2D eigenvalue weighted by molar-refractivity contribution is 4.87. The molecule has 1 aliphatic rings. The monoisotopic (exact) mass is 241 g/mol. The Labute approximate surface area is 108 Å². The van der Waals surface area contributed by atoms with Gasteiger partial charge in [0.25, 0.3) is 0 Å². The van der Waals surface area contributed by atoms with Crippen molar-refractivity contribution in [2.24, 2.45) is 5.41 Å². The van der Waals surface area contributed by atoms with Crippen LogP contribution in [-0.2, 0) is 4.74 Å². The molecule has 1 aliphatic heterocycles. The largest absolute Gasteiger partial charge is 0.371 e. The second-order valence-electron chi connectivity index (χ2n) is 8.04. The van der Waals surface area contributed by atoms with Crippen molar-refractivity contribution >= 4 is 0 Å². The summed E-state index contributed by atoms with van der Waals surface area (Å²) in [6.07, 6.45) is 3.94. The van der Waals surface area contributed by atoms with E-state index >= 15 is 0 Å². The average Bonchev–Trinajstić information content (AvgIpc) is 2.38. The predicted octanol–water partition coefficient (Wildman–Crippen LogP) is 3.75. The molecule has 0 bridgehead atoms. The van der Waals surface area contributed by atoms with Crippen LogP contribution in [0.5, 0.6) is 0 Å². The molecular weight excluding hydrogens is 210 g/mol. The molecule has 0 aromatic heterocycles. The zero-order valence-electron chi connectivity index (χ0n) is 12.8. The molecule has 17 heavy (non-hydrogen) atoms. The van der Waals surface area contributed by atoms with Crippen LogP contribution in [0.3, 0.4) is 0 Å². The minimum Gasteiger partial charge on any atom is -0.371 e. The first-order valence-corrected chi connectivity index (χ1v) is 6.92. The summed E-state index contributed by atoms with van der Waals surface area (Å²) in [5, 5.41) is 3.67. The molecule has 0 saturated carbocycles. The maximum Gasteiger partial charge on any atom is 0.0707 e. The van der Waals surface area contributed by atoms with E-state index in [1.54, 1.807) is 0 Å². The molecule has 1 atom stereocenters. The summed E-state index contributed by atoms with van der Waals surface area (Å²) in [6, 6.07) is 0. The highest BCUT2D eigenvalue weighted by Gasteiger charge is 2.33. The Morgan fingerprint density at radius 1 is 1.18 bits per heavy atom. The van der Waals surface area contributed by atoms with Gasteiger partial charge in [-0.3, -0.25) is 0 Å². The predicted molar refractivity (Wildman–Crippen MR) is 74.3 cm³/mol. The molecular formula is C15H31NO. The van der Waals surface area contributed by atoms with E-state index in [0.717, 1.165) is 6.54 Å². The molecule has 1 saturated heterocycles. The maximum atomic E-state index is 6.01. The van der Waals surface area contributed by atoms with E-state index < -0.39 is 0 Å². The first kappa shape index (κ1) is 15.0. The third-order valence-corrected chi connectivity index (χ3v) is 3.33. The number of hydrogen-bond donors (Lipinski definition) is 1. The molecule has 0 radical (unpaired) electrons. The van der Waals surface area contributed by atoms with E-state index in [9.17, 15) is 0 Å². The van der Waals surface area contributed by atoms with Crippen LogP contribution in [-0.4, -0.2) is 23.8 Å². The molecule has 2 nitrogen and oxygen atoms in total. The minimum atomic E-state index is 0.0838. The van der Waals surface area contributed by atoms with Crippen LogP contribution in [0.15, 0.2) is 0 Å². The Morgan fingerprint density at radius 2 is 1.76 bits per heavy atom. The maximum absolute atomic E-state index is 6.01. The smallest absolute Gasteiger partial charge is 0.0707 e. The standard InChI is InChI=1S/C15H31NO/c1-13(2,3)11-14(4,5)16-10-12-8-9-15(6,7)17-12/h12,16H,8-11H2,1-7H3. The summed E-state index contributed by atoms with van der Waals surface area (Å²) in [4.78, 5) is 0. The second-order valence-corrected chi connectivity index (χ2v) is 8.04. The summed E-state index contributed by atoms with van der Waals surface area (Å²) >= 11 is 0. The van der Waals surface area contributed by atoms with Crippen molar-refractivity contribution in [1.29, 1.82) is 0 Å². The number of hydrogen-bond acceptors (Lipinski definition) is 2. The fourth-order valence-electron chi connectivity index (χ4n) is 3.00. The highest BCUT2D eigenvalue weighted by Crippen LogP contribution is 2.30. The van der Waals surface area contributed by atoms with Crippen LogP contribution in [0.2, 0.25) is 0 Å². The molecule has 1 rings (SSSR count). The normalized spacial score (nSPS) is 25.2. The summed E-state index contributed by atoms with van der Waals surface area (Å²) in [7, 11) is 0. The van der Waals surface area contributed by atoms with Crippen molar-refractivity contribution in [3.8, 4) is 0 Å². The highest BCUT2D eigenvalue weighted by atomic mass is 16.5. The minimum absolute atomic E-state index is 0.0838. The zero-order valence-corrected chi connectivity index (χ0v) is 12.8. The van der Waals surface area contributed by atoms with Gasteiger partial charge in [0, 0.05) is 12.1 Å². The van der Waals surface area contributed by atoms with Crippen molar-refractivity contribution in [1.82, 2.24) is 5.32 Å². The third kappa shape index (κ3) is 5.87. The molecule has 102 valence electrons. The van der Waals surface area contributed by atoms with Crippen LogP contribution in [0.25, 0.3) is 0 Å². The van der Waals surface area contributed by atoms with Gasteiger partial charge < -0.3 is 10.1 Å². The molecule has 0 spiro atoms. The molecule has 2 heteroatoms. The molecule has 1 N–H and O–H groups in total. The van der Waals surface area contributed by atoms with E-state index in [1.807, 2.05) is 0 Å². The van der Waals surface area contributed by atoms with Crippen molar-refractivity contribution in [3.05, 3.63) is 0 Å². The van der Waals surface area contributed by atoms with Gasteiger partial charge in [-0.15, -0.1) is 0 Å². The van der Waals surface area contributed by atoms with Crippen molar-refractivity contribution in [2.75, 3.05) is 6.54 Å². The van der Waals surface area contributed by atoms with Gasteiger partial charge in [0.2, 0.25) is 0 Å². The molecule has 1 unspecified atom stereocenters. The second kappa shape index (κ2) is 4.89. The fourth-order valence-corrected chi connectivity index (χ4v) is 3.00. The molecule has 0 aliphatic carbocycles. The average molecular weight is 241 g/mol. The van der Waals surface area contributed by atoms with E-state index in [4.69, 9.17) is 4.74 Å². The molecule has 0 amide bonds. The molecule has 1 heterocycles. The fraction of sp³-hybridized carbons (Fsp3) is 1.00. The van der Waals surface area contributed by atoms with E-state index in [-0.39, 0.29) is 11.1 Å². The van der Waals surface area contributed by atoms with E-state index in [2.05, 4.69) is 53.8 Å². The van der Waals surface area contributed by atoms with Gasteiger partial charge in [0.15, 0.2) is 0 Å². The van der Waals surface area contributed by atoms with Crippen molar-refractivity contribution in [2.45, 2.75) is 85.0 Å². The Kier molecular flexibility index (Phi) is 4.31. The van der Waals surface area contributed by atoms with Crippen LogP contribution >= 0.6 is 0 Å². The number of nitrogens with one attached hydrogen (secondary N) is 1. The van der Waals surface area contributed by atoms with Gasteiger partial charge >= 0.3 is 0 Å². The van der Waals surface area contributed by atoms with Gasteiger partial charge in [-0.05, 0) is 52.4 Å². The summed E-state index contributed by atoms with van der Waals surface area (Å²) < 4.78 is 6.01. The molecule has 1 fully saturated rings. The van der Waals surface area contributed by atoms with E-state index in [1.165, 1.54) is 19.3 Å². The van der Waals surface area contributed by atoms with Crippen molar-refractivity contribution < 1.29 is 4.74 Å². The van der Waals surface area contributed by atoms with Gasteiger partial charge in [0.1, 0.15) is 0 Å². The van der Waals surface area contributed by atoms with Crippen LogP contribution < -0.4 is 5.32 Å². The summed E-state index contributed by atoms with van der Waals surface area (Å²) in [5.41, 5.74) is 0.640. The number of ether oxygens (including phenoxy) is 1. The Balaban J connectivity index is 2.35. The Hall–Kier alpha value is -0.0800. The first-order valence-electron chi connectivity index (χ1n) is 6.92. The van der Waals surface area contributed by atoms with Crippen LogP contribution in [0.4, 0.5) is 0 Å². The van der Waals surface area contributed by atoms with Gasteiger partial charge in [0.05, 0.1) is 11.7 Å².